The van der Waals surface area contributed by atoms with Gasteiger partial charge >= 0.3 is 5.63 Å². The fraction of sp³-hybridized carbons (Fsp3) is 0.143. The highest BCUT2D eigenvalue weighted by atomic mass is 16.5. The van der Waals surface area contributed by atoms with E-state index in [4.69, 9.17) is 14.9 Å². The van der Waals surface area contributed by atoms with Crippen molar-refractivity contribution in [2.45, 2.75) is 19.8 Å². The topological polar surface area (TPSA) is 89.3 Å². The van der Waals surface area contributed by atoms with Crippen molar-refractivity contribution in [3.8, 4) is 11.8 Å². The number of nitrogens with two attached hydrogens (primary N) is 1. The number of nitriles is 1. The van der Waals surface area contributed by atoms with Crippen LogP contribution in [0.15, 0.2) is 63.1 Å². The van der Waals surface area contributed by atoms with Crippen LogP contribution in [0.25, 0.3) is 11.0 Å². The van der Waals surface area contributed by atoms with Gasteiger partial charge in [-0.15, -0.1) is 0 Å². The van der Waals surface area contributed by atoms with Gasteiger partial charge in [-0.3, -0.25) is 0 Å². The van der Waals surface area contributed by atoms with Gasteiger partial charge in [-0.2, -0.15) is 5.26 Å². The predicted octanol–water partition coefficient (Wildman–Crippen LogP) is 3.63. The number of hydrogen-bond acceptors (Lipinski definition) is 5. The monoisotopic (exact) mass is 344 g/mol. The summed E-state index contributed by atoms with van der Waals surface area (Å²) in [5.74, 6) is -0.246. The molecule has 128 valence electrons. The van der Waals surface area contributed by atoms with Crippen LogP contribution in [0, 0.1) is 25.2 Å². The predicted molar refractivity (Wildman–Crippen MR) is 97.7 cm³/mol. The Labute approximate surface area is 149 Å². The summed E-state index contributed by atoms with van der Waals surface area (Å²) >= 11 is 0. The molecular weight excluding hydrogens is 328 g/mol. The van der Waals surface area contributed by atoms with Crippen LogP contribution in [0.5, 0.6) is 5.75 Å². The zero-order valence-electron chi connectivity index (χ0n) is 14.4. The quantitative estimate of drug-likeness (QED) is 0.681. The molecule has 2 N–H and O–H groups in total. The van der Waals surface area contributed by atoms with E-state index in [-0.39, 0.29) is 11.5 Å². The van der Waals surface area contributed by atoms with Gasteiger partial charge in [0.1, 0.15) is 17.2 Å². The van der Waals surface area contributed by atoms with Crippen molar-refractivity contribution in [3.05, 3.63) is 86.6 Å². The first-order valence-electron chi connectivity index (χ1n) is 8.21. The molecule has 1 aromatic heterocycles. The van der Waals surface area contributed by atoms with Gasteiger partial charge in [0.2, 0.25) is 5.88 Å². The molecule has 0 unspecified atom stereocenters. The zero-order valence-corrected chi connectivity index (χ0v) is 14.4. The number of para-hydroxylation sites is 1. The SMILES string of the molecule is Cc1ccc([C@H]2C(C#N)=C(N)Oc3c2c(=O)oc2ccccc32)c(C)c1. The third kappa shape index (κ3) is 2.27. The fourth-order valence-corrected chi connectivity index (χ4v) is 3.53. The molecule has 5 heteroatoms. The Morgan fingerprint density at radius 1 is 1.15 bits per heavy atom. The number of fused-ring (bicyclic) bond motifs is 3. The average Bonchev–Trinajstić information content (AvgIpc) is 2.61. The van der Waals surface area contributed by atoms with E-state index in [0.29, 0.717) is 22.3 Å². The summed E-state index contributed by atoms with van der Waals surface area (Å²) < 4.78 is 11.2. The molecule has 0 saturated heterocycles. The minimum absolute atomic E-state index is 0.0146. The number of aryl methyl sites for hydroxylation is 2. The number of benzene rings is 2. The first kappa shape index (κ1) is 16.0. The van der Waals surface area contributed by atoms with Crippen molar-refractivity contribution < 1.29 is 9.15 Å². The fourth-order valence-electron chi connectivity index (χ4n) is 3.53. The van der Waals surface area contributed by atoms with E-state index >= 15 is 0 Å². The number of nitrogens with zero attached hydrogens (tertiary/aromatic N) is 1. The molecule has 0 aliphatic carbocycles. The van der Waals surface area contributed by atoms with Crippen LogP contribution >= 0.6 is 0 Å². The van der Waals surface area contributed by atoms with Crippen LogP contribution in [-0.4, -0.2) is 0 Å². The summed E-state index contributed by atoms with van der Waals surface area (Å²) in [6, 6.07) is 15.1. The Morgan fingerprint density at radius 3 is 2.65 bits per heavy atom. The largest absolute Gasteiger partial charge is 0.439 e. The van der Waals surface area contributed by atoms with Crippen LogP contribution in [0.1, 0.15) is 28.2 Å². The van der Waals surface area contributed by atoms with Gasteiger partial charge in [-0.1, -0.05) is 35.9 Å². The van der Waals surface area contributed by atoms with Crippen molar-refractivity contribution in [2.24, 2.45) is 5.73 Å². The minimum atomic E-state index is -0.620. The van der Waals surface area contributed by atoms with Gasteiger partial charge in [-0.25, -0.2) is 4.79 Å². The highest BCUT2D eigenvalue weighted by Crippen LogP contribution is 2.44. The number of rotatable bonds is 1. The van der Waals surface area contributed by atoms with Crippen molar-refractivity contribution in [3.63, 3.8) is 0 Å². The molecule has 1 aliphatic rings. The first-order valence-corrected chi connectivity index (χ1v) is 8.21. The minimum Gasteiger partial charge on any atom is -0.439 e. The molecule has 1 atom stereocenters. The Morgan fingerprint density at radius 2 is 1.92 bits per heavy atom. The van der Waals surface area contributed by atoms with Crippen molar-refractivity contribution >= 4 is 11.0 Å². The van der Waals surface area contributed by atoms with E-state index in [1.54, 1.807) is 18.2 Å². The molecule has 0 radical (unpaired) electrons. The molecule has 5 nitrogen and oxygen atoms in total. The molecule has 0 bridgehead atoms. The Kier molecular flexibility index (Phi) is 3.55. The van der Waals surface area contributed by atoms with Gasteiger partial charge in [0, 0.05) is 0 Å². The van der Waals surface area contributed by atoms with Gasteiger partial charge in [0.15, 0.2) is 5.75 Å². The zero-order chi connectivity index (χ0) is 18.4. The van der Waals surface area contributed by atoms with Gasteiger partial charge < -0.3 is 14.9 Å². The van der Waals surface area contributed by atoms with E-state index in [2.05, 4.69) is 6.07 Å². The summed E-state index contributed by atoms with van der Waals surface area (Å²) in [6.07, 6.45) is 0. The first-order chi connectivity index (χ1) is 12.5. The lowest BCUT2D eigenvalue weighted by molar-refractivity contribution is 0.388. The summed E-state index contributed by atoms with van der Waals surface area (Å²) in [5.41, 5.74) is 9.37. The van der Waals surface area contributed by atoms with E-state index in [1.807, 2.05) is 38.1 Å². The molecule has 0 saturated carbocycles. The van der Waals surface area contributed by atoms with Gasteiger partial charge in [-0.05, 0) is 37.1 Å². The van der Waals surface area contributed by atoms with Crippen LogP contribution in [0.4, 0.5) is 0 Å². The lowest BCUT2D eigenvalue weighted by Gasteiger charge is -2.27. The Balaban J connectivity index is 2.10. The highest BCUT2D eigenvalue weighted by molar-refractivity contribution is 5.86. The molecule has 0 spiro atoms. The molecule has 2 aromatic carbocycles. The summed E-state index contributed by atoms with van der Waals surface area (Å²) in [7, 11) is 0. The number of ether oxygens (including phenoxy) is 1. The Hall–Kier alpha value is -3.52. The highest BCUT2D eigenvalue weighted by Gasteiger charge is 2.36. The maximum absolute atomic E-state index is 12.8. The second-order valence-corrected chi connectivity index (χ2v) is 6.41. The van der Waals surface area contributed by atoms with Crippen molar-refractivity contribution in [1.82, 2.24) is 0 Å². The average molecular weight is 344 g/mol. The van der Waals surface area contributed by atoms with E-state index < -0.39 is 11.5 Å². The number of allylic oxidation sites excluding steroid dienone is 1. The second-order valence-electron chi connectivity index (χ2n) is 6.41. The van der Waals surface area contributed by atoms with Crippen molar-refractivity contribution in [2.75, 3.05) is 0 Å². The second kappa shape index (κ2) is 5.78. The van der Waals surface area contributed by atoms with Gasteiger partial charge in [0.05, 0.1) is 16.9 Å². The molecule has 0 amide bonds. The smallest absolute Gasteiger partial charge is 0.344 e. The van der Waals surface area contributed by atoms with E-state index in [9.17, 15) is 10.1 Å². The molecule has 26 heavy (non-hydrogen) atoms. The normalized spacial score (nSPS) is 16.1. The van der Waals surface area contributed by atoms with Crippen LogP contribution in [0.3, 0.4) is 0 Å². The molecule has 1 aliphatic heterocycles. The lowest BCUT2D eigenvalue weighted by atomic mass is 9.81. The maximum atomic E-state index is 12.8. The third-order valence-corrected chi connectivity index (χ3v) is 4.71. The molecule has 2 heterocycles. The number of hydrogen-bond donors (Lipinski definition) is 1. The Bertz CT molecular complexity index is 1180. The van der Waals surface area contributed by atoms with Crippen LogP contribution in [0.2, 0.25) is 0 Å². The molecular formula is C21H16N2O3. The summed E-state index contributed by atoms with van der Waals surface area (Å²) in [5, 5.41) is 10.3. The summed E-state index contributed by atoms with van der Waals surface area (Å²) in [4.78, 5) is 12.8. The van der Waals surface area contributed by atoms with Crippen molar-refractivity contribution in [1.29, 1.82) is 5.26 Å². The molecule has 3 aromatic rings. The van der Waals surface area contributed by atoms with Gasteiger partial charge in [0.25, 0.3) is 0 Å². The maximum Gasteiger partial charge on any atom is 0.344 e. The van der Waals surface area contributed by atoms with Crippen LogP contribution in [-0.2, 0) is 0 Å². The lowest BCUT2D eigenvalue weighted by Crippen LogP contribution is -2.26. The third-order valence-electron chi connectivity index (χ3n) is 4.71. The van der Waals surface area contributed by atoms with E-state index in [1.165, 1.54) is 0 Å². The summed E-state index contributed by atoms with van der Waals surface area (Å²) in [6.45, 7) is 3.94. The van der Waals surface area contributed by atoms with Crippen LogP contribution < -0.4 is 16.1 Å². The standard InChI is InChI=1S/C21H16N2O3/c1-11-7-8-13(12(2)9-11)17-15(10-22)20(23)26-19-14-5-3-4-6-16(14)25-21(24)18(17)19/h3-9,17H,23H2,1-2H3/t17-/m0/s1. The van der Waals surface area contributed by atoms with E-state index in [0.717, 1.165) is 16.7 Å². The molecule has 0 fully saturated rings. The molecule has 4 rings (SSSR count).